The van der Waals surface area contributed by atoms with Crippen molar-refractivity contribution in [2.45, 2.75) is 12.5 Å². The molecule has 0 N–H and O–H groups in total. The monoisotopic (exact) mass is 275 g/mol. The summed E-state index contributed by atoms with van der Waals surface area (Å²) in [5.74, 6) is -0.369. The Morgan fingerprint density at radius 2 is 1.94 bits per heavy atom. The molecule has 5 heteroatoms. The average Bonchev–Trinajstić information content (AvgIpc) is 2.26. The molecule has 1 rings (SSSR count). The number of esters is 1. The number of ether oxygens (including phenoxy) is 1. The van der Waals surface area contributed by atoms with Gasteiger partial charge < -0.3 is 4.74 Å². The van der Waals surface area contributed by atoms with Crippen LogP contribution >= 0.6 is 23.2 Å². The quantitative estimate of drug-likeness (QED) is 0.795. The van der Waals surface area contributed by atoms with Gasteiger partial charge in [0.25, 0.3) is 0 Å². The van der Waals surface area contributed by atoms with E-state index in [0.29, 0.717) is 15.6 Å². The second kappa shape index (κ2) is 5.25. The lowest BCUT2D eigenvalue weighted by molar-refractivity contribution is -0.153. The summed E-state index contributed by atoms with van der Waals surface area (Å²) in [5.41, 5.74) is -0.267. The Labute approximate surface area is 111 Å². The fourth-order valence-electron chi connectivity index (χ4n) is 1.62. The lowest BCUT2D eigenvalue weighted by Crippen LogP contribution is -2.46. The van der Waals surface area contributed by atoms with Crippen molar-refractivity contribution in [2.75, 3.05) is 21.2 Å². The van der Waals surface area contributed by atoms with Gasteiger partial charge in [-0.15, -0.1) is 0 Å². The topological polar surface area (TPSA) is 29.5 Å². The highest BCUT2D eigenvalue weighted by molar-refractivity contribution is 6.35. The van der Waals surface area contributed by atoms with Gasteiger partial charge in [-0.25, -0.2) is 4.79 Å². The Balaban J connectivity index is 3.38. The third-order valence-corrected chi connectivity index (χ3v) is 3.48. The third kappa shape index (κ3) is 2.57. The van der Waals surface area contributed by atoms with E-state index in [2.05, 4.69) is 0 Å². The first kappa shape index (κ1) is 14.3. The van der Waals surface area contributed by atoms with Crippen molar-refractivity contribution in [1.82, 2.24) is 4.90 Å². The van der Waals surface area contributed by atoms with Crippen molar-refractivity contribution in [3.05, 3.63) is 33.8 Å². The number of carbonyl (C=O) groups excluding carboxylic acids is 1. The van der Waals surface area contributed by atoms with Gasteiger partial charge in [-0.1, -0.05) is 29.3 Å². The van der Waals surface area contributed by atoms with E-state index in [9.17, 15) is 4.79 Å². The summed E-state index contributed by atoms with van der Waals surface area (Å²) in [7, 11) is 4.94. The molecule has 0 aromatic heterocycles. The first-order valence-corrected chi connectivity index (χ1v) is 5.81. The molecule has 3 nitrogen and oxygen atoms in total. The molecular formula is C12H15Cl2NO2. The fourth-order valence-corrected chi connectivity index (χ4v) is 2.21. The van der Waals surface area contributed by atoms with Crippen LogP contribution in [-0.2, 0) is 15.1 Å². The Morgan fingerprint density at radius 3 is 2.35 bits per heavy atom. The van der Waals surface area contributed by atoms with Gasteiger partial charge in [-0.3, -0.25) is 4.90 Å². The zero-order valence-corrected chi connectivity index (χ0v) is 11.8. The summed E-state index contributed by atoms with van der Waals surface area (Å²) in [6.07, 6.45) is 0. The van der Waals surface area contributed by atoms with Crippen molar-refractivity contribution in [2.24, 2.45) is 0 Å². The number of rotatable bonds is 3. The fraction of sp³-hybridized carbons (Fsp3) is 0.417. The van der Waals surface area contributed by atoms with Gasteiger partial charge in [0.1, 0.15) is 5.54 Å². The number of methoxy groups -OCH3 is 1. The lowest BCUT2D eigenvalue weighted by Gasteiger charge is -2.34. The predicted octanol–water partition coefficient (Wildman–Crippen LogP) is 2.94. The van der Waals surface area contributed by atoms with Crippen molar-refractivity contribution >= 4 is 29.2 Å². The van der Waals surface area contributed by atoms with Gasteiger partial charge in [0, 0.05) is 15.6 Å². The molecule has 0 aliphatic rings. The third-order valence-electron chi connectivity index (χ3n) is 2.93. The smallest absolute Gasteiger partial charge is 0.330 e. The van der Waals surface area contributed by atoms with Crippen LogP contribution in [0.15, 0.2) is 18.2 Å². The number of hydrogen-bond acceptors (Lipinski definition) is 3. The predicted molar refractivity (Wildman–Crippen MR) is 69.5 cm³/mol. The highest BCUT2D eigenvalue weighted by Gasteiger charge is 2.40. The van der Waals surface area contributed by atoms with Gasteiger partial charge in [-0.05, 0) is 33.2 Å². The van der Waals surface area contributed by atoms with Crippen molar-refractivity contribution in [3.63, 3.8) is 0 Å². The molecule has 0 spiro atoms. The molecular weight excluding hydrogens is 261 g/mol. The summed E-state index contributed by atoms with van der Waals surface area (Å²) in [5, 5.41) is 0.976. The molecule has 1 aromatic rings. The van der Waals surface area contributed by atoms with Crippen LogP contribution in [0.2, 0.25) is 10.0 Å². The van der Waals surface area contributed by atoms with Crippen LogP contribution in [0, 0.1) is 0 Å². The van der Waals surface area contributed by atoms with Gasteiger partial charge in [-0.2, -0.15) is 0 Å². The largest absolute Gasteiger partial charge is 0.467 e. The van der Waals surface area contributed by atoms with E-state index in [0.717, 1.165) is 0 Å². The van der Waals surface area contributed by atoms with Crippen molar-refractivity contribution in [3.8, 4) is 0 Å². The molecule has 0 aliphatic heterocycles. The van der Waals surface area contributed by atoms with E-state index in [4.69, 9.17) is 27.9 Å². The maximum atomic E-state index is 12.0. The molecule has 0 amide bonds. The zero-order valence-electron chi connectivity index (χ0n) is 10.3. The Hall–Kier alpha value is -0.770. The van der Waals surface area contributed by atoms with Crippen LogP contribution in [0.5, 0.6) is 0 Å². The summed E-state index contributed by atoms with van der Waals surface area (Å²) in [6, 6.07) is 5.05. The normalized spacial score (nSPS) is 14.5. The first-order chi connectivity index (χ1) is 7.83. The van der Waals surface area contributed by atoms with Crippen LogP contribution in [0.25, 0.3) is 0 Å². The summed E-state index contributed by atoms with van der Waals surface area (Å²) >= 11 is 12.0. The maximum absolute atomic E-state index is 12.0. The lowest BCUT2D eigenvalue weighted by atomic mass is 9.90. The molecule has 0 radical (unpaired) electrons. The van der Waals surface area contributed by atoms with Crippen LogP contribution in [0.4, 0.5) is 0 Å². The minimum atomic E-state index is -0.934. The molecule has 0 saturated heterocycles. The average molecular weight is 276 g/mol. The summed E-state index contributed by atoms with van der Waals surface area (Å²) in [4.78, 5) is 13.7. The minimum absolute atomic E-state index is 0.369. The van der Waals surface area contributed by atoms with Crippen LogP contribution in [0.3, 0.4) is 0 Å². The molecule has 1 atom stereocenters. The van der Waals surface area contributed by atoms with Gasteiger partial charge in [0.15, 0.2) is 0 Å². The highest BCUT2D eigenvalue weighted by Crippen LogP contribution is 2.34. The Kier molecular flexibility index (Phi) is 4.42. The summed E-state index contributed by atoms with van der Waals surface area (Å²) in [6.45, 7) is 1.76. The second-order valence-corrected chi connectivity index (χ2v) is 4.93. The van der Waals surface area contributed by atoms with Gasteiger partial charge >= 0.3 is 5.97 Å². The number of halogens is 2. The molecule has 94 valence electrons. The van der Waals surface area contributed by atoms with E-state index in [1.165, 1.54) is 7.11 Å². The number of carbonyl (C=O) groups is 1. The Morgan fingerprint density at radius 1 is 1.35 bits per heavy atom. The molecule has 0 saturated carbocycles. The molecule has 1 unspecified atom stereocenters. The first-order valence-electron chi connectivity index (χ1n) is 5.05. The van der Waals surface area contributed by atoms with E-state index < -0.39 is 5.54 Å². The van der Waals surface area contributed by atoms with Crippen molar-refractivity contribution in [1.29, 1.82) is 0 Å². The minimum Gasteiger partial charge on any atom is -0.467 e. The molecule has 1 aromatic carbocycles. The van der Waals surface area contributed by atoms with E-state index in [1.54, 1.807) is 44.1 Å². The number of nitrogens with zero attached hydrogens (tertiary/aromatic N) is 1. The highest BCUT2D eigenvalue weighted by atomic mass is 35.5. The number of hydrogen-bond donors (Lipinski definition) is 0. The van der Waals surface area contributed by atoms with E-state index in [-0.39, 0.29) is 5.97 Å². The molecule has 0 heterocycles. The SMILES string of the molecule is COC(=O)C(C)(c1ccc(Cl)cc1Cl)N(C)C. The van der Waals surface area contributed by atoms with Gasteiger partial charge in [0.2, 0.25) is 0 Å². The van der Waals surface area contributed by atoms with E-state index >= 15 is 0 Å². The molecule has 0 bridgehead atoms. The molecule has 0 aliphatic carbocycles. The van der Waals surface area contributed by atoms with Crippen LogP contribution in [-0.4, -0.2) is 32.1 Å². The number of benzene rings is 1. The molecule has 17 heavy (non-hydrogen) atoms. The van der Waals surface area contributed by atoms with E-state index in [1.807, 2.05) is 0 Å². The van der Waals surface area contributed by atoms with Crippen molar-refractivity contribution < 1.29 is 9.53 Å². The van der Waals surface area contributed by atoms with Gasteiger partial charge in [0.05, 0.1) is 7.11 Å². The summed E-state index contributed by atoms with van der Waals surface area (Å²) < 4.78 is 4.84. The number of likely N-dealkylation sites (N-methyl/N-ethyl adjacent to an activating group) is 1. The molecule has 0 fully saturated rings. The standard InChI is InChI=1S/C12H15Cl2NO2/c1-12(15(2)3,11(16)17-4)9-6-5-8(13)7-10(9)14/h5-7H,1-4H3. The second-order valence-electron chi connectivity index (χ2n) is 4.08. The van der Waals surface area contributed by atoms with Crippen LogP contribution < -0.4 is 0 Å². The Bertz CT molecular complexity index is 435. The van der Waals surface area contributed by atoms with Crippen LogP contribution in [0.1, 0.15) is 12.5 Å². The maximum Gasteiger partial charge on any atom is 0.330 e. The zero-order chi connectivity index (χ0) is 13.2.